The standard InChI is InChI=1S/C12H13N3O3S/c1-14-8(6-10(16)15(2)12(14)18)7-13-11(17)9-4-3-5-19-9/h3-6H,7H2,1-2H3,(H,13,17). The molecule has 0 aliphatic heterocycles. The normalized spacial score (nSPS) is 10.4. The van der Waals surface area contributed by atoms with Crippen LogP contribution in [0.1, 0.15) is 15.4 Å². The van der Waals surface area contributed by atoms with Gasteiger partial charge in [0, 0.05) is 25.9 Å². The largest absolute Gasteiger partial charge is 0.346 e. The maximum atomic E-state index is 11.8. The minimum Gasteiger partial charge on any atom is -0.346 e. The van der Waals surface area contributed by atoms with Crippen LogP contribution in [0.4, 0.5) is 0 Å². The fourth-order valence-corrected chi connectivity index (χ4v) is 2.25. The third-order valence-electron chi connectivity index (χ3n) is 2.80. The molecule has 2 aromatic rings. The molecule has 0 atom stereocenters. The number of carbonyl (C=O) groups excluding carboxylic acids is 1. The van der Waals surface area contributed by atoms with Crippen LogP contribution in [0.5, 0.6) is 0 Å². The van der Waals surface area contributed by atoms with Crippen LogP contribution >= 0.6 is 11.3 Å². The van der Waals surface area contributed by atoms with Crippen molar-refractivity contribution < 1.29 is 4.79 Å². The first-order valence-corrected chi connectivity index (χ1v) is 6.46. The van der Waals surface area contributed by atoms with Crippen molar-refractivity contribution >= 4 is 17.2 Å². The molecule has 0 spiro atoms. The summed E-state index contributed by atoms with van der Waals surface area (Å²) in [6, 6.07) is 4.84. The van der Waals surface area contributed by atoms with Crippen LogP contribution in [-0.2, 0) is 20.6 Å². The molecule has 1 N–H and O–H groups in total. The van der Waals surface area contributed by atoms with Gasteiger partial charge in [0.25, 0.3) is 11.5 Å². The van der Waals surface area contributed by atoms with E-state index in [9.17, 15) is 14.4 Å². The predicted molar refractivity (Wildman–Crippen MR) is 72.4 cm³/mol. The van der Waals surface area contributed by atoms with Crippen LogP contribution in [0.2, 0.25) is 0 Å². The van der Waals surface area contributed by atoms with Crippen molar-refractivity contribution in [1.82, 2.24) is 14.5 Å². The van der Waals surface area contributed by atoms with Gasteiger partial charge in [-0.1, -0.05) is 6.07 Å². The third-order valence-corrected chi connectivity index (χ3v) is 3.67. The third kappa shape index (κ3) is 2.65. The first-order valence-electron chi connectivity index (χ1n) is 5.58. The molecule has 2 rings (SSSR count). The Balaban J connectivity index is 2.19. The Bertz CT molecular complexity index is 713. The van der Waals surface area contributed by atoms with Gasteiger partial charge < -0.3 is 5.32 Å². The highest BCUT2D eigenvalue weighted by Gasteiger charge is 2.09. The molecule has 100 valence electrons. The number of rotatable bonds is 3. The monoisotopic (exact) mass is 279 g/mol. The molecular weight excluding hydrogens is 266 g/mol. The molecule has 2 aromatic heterocycles. The van der Waals surface area contributed by atoms with Crippen LogP contribution < -0.4 is 16.6 Å². The van der Waals surface area contributed by atoms with Gasteiger partial charge in [-0.2, -0.15) is 0 Å². The number of aromatic nitrogens is 2. The molecule has 1 amide bonds. The van der Waals surface area contributed by atoms with Crippen LogP contribution in [0.15, 0.2) is 33.2 Å². The van der Waals surface area contributed by atoms with Crippen LogP contribution in [0.3, 0.4) is 0 Å². The van der Waals surface area contributed by atoms with Crippen molar-refractivity contribution in [2.24, 2.45) is 14.1 Å². The second-order valence-corrected chi connectivity index (χ2v) is 4.98. The van der Waals surface area contributed by atoms with E-state index in [1.165, 1.54) is 29.0 Å². The Morgan fingerprint density at radius 1 is 1.32 bits per heavy atom. The summed E-state index contributed by atoms with van der Waals surface area (Å²) in [6.45, 7) is 0.137. The van der Waals surface area contributed by atoms with Gasteiger partial charge in [0.15, 0.2) is 0 Å². The summed E-state index contributed by atoms with van der Waals surface area (Å²) >= 11 is 1.33. The van der Waals surface area contributed by atoms with Gasteiger partial charge in [-0.25, -0.2) is 4.79 Å². The average molecular weight is 279 g/mol. The molecule has 6 nitrogen and oxygen atoms in total. The van der Waals surface area contributed by atoms with Gasteiger partial charge in [-0.05, 0) is 11.4 Å². The summed E-state index contributed by atoms with van der Waals surface area (Å²) in [6.07, 6.45) is 0. The van der Waals surface area contributed by atoms with Crippen LogP contribution in [0, 0.1) is 0 Å². The molecule has 0 saturated carbocycles. The van der Waals surface area contributed by atoms with Gasteiger partial charge in [0.1, 0.15) is 0 Å². The Kier molecular flexibility index (Phi) is 3.66. The summed E-state index contributed by atoms with van der Waals surface area (Å²) in [5.74, 6) is -0.219. The molecule has 2 heterocycles. The first-order chi connectivity index (χ1) is 9.00. The van der Waals surface area contributed by atoms with Crippen molar-refractivity contribution in [1.29, 1.82) is 0 Å². The second kappa shape index (κ2) is 5.23. The zero-order valence-corrected chi connectivity index (χ0v) is 11.4. The number of nitrogens with one attached hydrogen (secondary N) is 1. The SMILES string of the molecule is Cn1c(CNC(=O)c2cccs2)cc(=O)n(C)c1=O. The quantitative estimate of drug-likeness (QED) is 0.864. The van der Waals surface area contributed by atoms with E-state index in [-0.39, 0.29) is 18.0 Å². The van der Waals surface area contributed by atoms with E-state index >= 15 is 0 Å². The van der Waals surface area contributed by atoms with Gasteiger partial charge in [0.2, 0.25) is 0 Å². The molecule has 0 radical (unpaired) electrons. The minimum absolute atomic E-state index is 0.137. The smallest absolute Gasteiger partial charge is 0.330 e. The summed E-state index contributed by atoms with van der Waals surface area (Å²) < 4.78 is 2.36. The lowest BCUT2D eigenvalue weighted by Crippen LogP contribution is -2.39. The Labute approximate surface area is 112 Å². The predicted octanol–water partition coefficient (Wildman–Crippen LogP) is 0.0755. The maximum absolute atomic E-state index is 11.8. The lowest BCUT2D eigenvalue weighted by molar-refractivity contribution is 0.0954. The van der Waals surface area contributed by atoms with E-state index in [0.717, 1.165) is 4.57 Å². The lowest BCUT2D eigenvalue weighted by Gasteiger charge is -2.09. The zero-order chi connectivity index (χ0) is 14.0. The van der Waals surface area contributed by atoms with Gasteiger partial charge in [0.05, 0.1) is 11.4 Å². The summed E-state index contributed by atoms with van der Waals surface area (Å²) in [4.78, 5) is 35.6. The Morgan fingerprint density at radius 2 is 2.05 bits per heavy atom. The van der Waals surface area contributed by atoms with E-state index in [2.05, 4.69) is 5.32 Å². The number of amides is 1. The van der Waals surface area contributed by atoms with E-state index in [0.29, 0.717) is 10.6 Å². The van der Waals surface area contributed by atoms with E-state index in [1.807, 2.05) is 5.38 Å². The summed E-state index contributed by atoms with van der Waals surface area (Å²) in [7, 11) is 2.98. The maximum Gasteiger partial charge on any atom is 0.330 e. The fourth-order valence-electron chi connectivity index (χ4n) is 1.61. The summed E-state index contributed by atoms with van der Waals surface area (Å²) in [5, 5.41) is 4.49. The van der Waals surface area contributed by atoms with E-state index < -0.39 is 5.69 Å². The molecule has 0 unspecified atom stereocenters. The Hall–Kier alpha value is -2.15. The molecule has 19 heavy (non-hydrogen) atoms. The number of hydrogen-bond donors (Lipinski definition) is 1. The van der Waals surface area contributed by atoms with Crippen LogP contribution in [0.25, 0.3) is 0 Å². The van der Waals surface area contributed by atoms with E-state index in [1.54, 1.807) is 19.2 Å². The highest BCUT2D eigenvalue weighted by atomic mass is 32.1. The number of carbonyl (C=O) groups is 1. The molecule has 0 saturated heterocycles. The highest BCUT2D eigenvalue weighted by molar-refractivity contribution is 7.12. The number of thiophene rings is 1. The van der Waals surface area contributed by atoms with Crippen molar-refractivity contribution in [2.45, 2.75) is 6.54 Å². The van der Waals surface area contributed by atoms with Crippen molar-refractivity contribution in [3.63, 3.8) is 0 Å². The molecular formula is C12H13N3O3S. The molecule has 0 bridgehead atoms. The molecule has 0 aliphatic carbocycles. The Morgan fingerprint density at radius 3 is 2.68 bits per heavy atom. The number of nitrogens with zero attached hydrogens (tertiary/aromatic N) is 2. The molecule has 7 heteroatoms. The van der Waals surface area contributed by atoms with Crippen LogP contribution in [-0.4, -0.2) is 15.0 Å². The molecule has 0 aromatic carbocycles. The zero-order valence-electron chi connectivity index (χ0n) is 10.5. The van der Waals surface area contributed by atoms with E-state index in [4.69, 9.17) is 0 Å². The molecule has 0 aliphatic rings. The second-order valence-electron chi connectivity index (χ2n) is 4.03. The van der Waals surface area contributed by atoms with Crippen molar-refractivity contribution in [3.8, 4) is 0 Å². The fraction of sp³-hybridized carbons (Fsp3) is 0.250. The minimum atomic E-state index is -0.409. The summed E-state index contributed by atoms with van der Waals surface area (Å²) in [5.41, 5.74) is -0.325. The van der Waals surface area contributed by atoms with Crippen molar-refractivity contribution in [3.05, 3.63) is 55.0 Å². The number of hydrogen-bond acceptors (Lipinski definition) is 4. The topological polar surface area (TPSA) is 73.1 Å². The van der Waals surface area contributed by atoms with Gasteiger partial charge in [-0.3, -0.25) is 18.7 Å². The lowest BCUT2D eigenvalue weighted by atomic mass is 10.3. The van der Waals surface area contributed by atoms with Gasteiger partial charge >= 0.3 is 5.69 Å². The average Bonchev–Trinajstić information content (AvgIpc) is 2.92. The van der Waals surface area contributed by atoms with Gasteiger partial charge in [-0.15, -0.1) is 11.3 Å². The van der Waals surface area contributed by atoms with Crippen molar-refractivity contribution in [2.75, 3.05) is 0 Å². The molecule has 0 fully saturated rings. The first kappa shape index (κ1) is 13.3. The highest BCUT2D eigenvalue weighted by Crippen LogP contribution is 2.07.